The van der Waals surface area contributed by atoms with Crippen LogP contribution in [0, 0.1) is 5.82 Å². The molecule has 0 bridgehead atoms. The lowest BCUT2D eigenvalue weighted by Gasteiger charge is -2.24. The summed E-state index contributed by atoms with van der Waals surface area (Å²) >= 11 is 6.57. The smallest absolute Gasteiger partial charge is 0.166 e. The summed E-state index contributed by atoms with van der Waals surface area (Å²) < 4.78 is 30.9. The molecule has 168 valence electrons. The third-order valence-electron chi connectivity index (χ3n) is 5.54. The van der Waals surface area contributed by atoms with E-state index >= 15 is 0 Å². The van der Waals surface area contributed by atoms with Gasteiger partial charge in [0.15, 0.2) is 11.5 Å². The lowest BCUT2D eigenvalue weighted by Crippen LogP contribution is -3.09. The van der Waals surface area contributed by atoms with E-state index in [4.69, 9.17) is 25.8 Å². The van der Waals surface area contributed by atoms with Crippen LogP contribution in [0.2, 0.25) is 5.02 Å². The molecule has 7 heteroatoms. The topological polar surface area (TPSA) is 44.2 Å². The fraction of sp³-hybridized carbons (Fsp3) is 0.280. The van der Waals surface area contributed by atoms with Gasteiger partial charge in [0.25, 0.3) is 0 Å². The van der Waals surface area contributed by atoms with Crippen LogP contribution < -0.4 is 19.7 Å². The van der Waals surface area contributed by atoms with Gasteiger partial charge in [0.05, 0.1) is 20.3 Å². The van der Waals surface area contributed by atoms with Crippen molar-refractivity contribution in [3.8, 4) is 11.5 Å². The zero-order chi connectivity index (χ0) is 22.3. The second-order valence-electron chi connectivity index (χ2n) is 7.59. The van der Waals surface area contributed by atoms with Crippen LogP contribution in [-0.2, 0) is 17.9 Å². The molecular weight excluding hydrogens is 431 g/mol. The Balaban J connectivity index is 1.47. The van der Waals surface area contributed by atoms with Gasteiger partial charge in [-0.25, -0.2) is 4.39 Å². The molecule has 1 heterocycles. The van der Waals surface area contributed by atoms with Gasteiger partial charge in [-0.05, 0) is 24.3 Å². The second-order valence-corrected chi connectivity index (χ2v) is 8.00. The molecule has 1 saturated heterocycles. The quantitative estimate of drug-likeness (QED) is 0.531. The van der Waals surface area contributed by atoms with Gasteiger partial charge in [-0.15, -0.1) is 0 Å². The van der Waals surface area contributed by atoms with Crippen molar-refractivity contribution < 1.29 is 23.5 Å². The SMILES string of the molecule is COc1cccc(CNc2ccc([NH+]3CCOCC3)c(Cl)c2)c1OCc1ccccc1F. The van der Waals surface area contributed by atoms with Crippen LogP contribution in [0.25, 0.3) is 0 Å². The number of hydrogen-bond donors (Lipinski definition) is 2. The van der Waals surface area contributed by atoms with Crippen LogP contribution in [-0.4, -0.2) is 33.4 Å². The summed E-state index contributed by atoms with van der Waals surface area (Å²) in [7, 11) is 1.59. The average Bonchev–Trinajstić information content (AvgIpc) is 2.83. The number of benzene rings is 3. The first-order valence-electron chi connectivity index (χ1n) is 10.6. The lowest BCUT2D eigenvalue weighted by atomic mass is 10.1. The number of methoxy groups -OCH3 is 1. The van der Waals surface area contributed by atoms with Crippen molar-refractivity contribution in [2.24, 2.45) is 0 Å². The molecule has 2 N–H and O–H groups in total. The summed E-state index contributed by atoms with van der Waals surface area (Å²) in [6, 6.07) is 18.3. The van der Waals surface area contributed by atoms with Crippen LogP contribution in [0.4, 0.5) is 15.8 Å². The summed E-state index contributed by atoms with van der Waals surface area (Å²) in [5, 5.41) is 4.14. The van der Waals surface area contributed by atoms with Crippen molar-refractivity contribution in [2.45, 2.75) is 13.2 Å². The molecule has 0 amide bonds. The Bertz CT molecular complexity index is 1060. The highest BCUT2D eigenvalue weighted by Crippen LogP contribution is 2.33. The molecule has 3 aromatic carbocycles. The van der Waals surface area contributed by atoms with Crippen molar-refractivity contribution in [3.63, 3.8) is 0 Å². The minimum atomic E-state index is -0.292. The summed E-state index contributed by atoms with van der Waals surface area (Å²) in [6.07, 6.45) is 0. The molecule has 1 aliphatic heterocycles. The maximum absolute atomic E-state index is 14.0. The number of halogens is 2. The Kier molecular flexibility index (Phi) is 7.47. The standard InChI is InChI=1S/C25H26ClFN2O3/c1-30-24-8-4-6-18(25(24)32-17-19-5-2-3-7-22(19)27)16-28-20-9-10-23(21(26)15-20)29-11-13-31-14-12-29/h2-10,15,28H,11-14,16-17H2,1H3/p+1. The van der Waals surface area contributed by atoms with E-state index in [1.807, 2.05) is 30.3 Å². The molecule has 0 saturated carbocycles. The number of hydrogen-bond acceptors (Lipinski definition) is 4. The highest BCUT2D eigenvalue weighted by atomic mass is 35.5. The zero-order valence-electron chi connectivity index (χ0n) is 18.0. The van der Waals surface area contributed by atoms with Gasteiger partial charge in [0, 0.05) is 29.4 Å². The van der Waals surface area contributed by atoms with Crippen molar-refractivity contribution in [1.29, 1.82) is 0 Å². The molecule has 0 aliphatic carbocycles. The molecule has 0 radical (unpaired) electrons. The predicted octanol–water partition coefficient (Wildman–Crippen LogP) is 4.23. The molecule has 5 nitrogen and oxygen atoms in total. The molecule has 32 heavy (non-hydrogen) atoms. The Morgan fingerprint density at radius 2 is 1.81 bits per heavy atom. The first kappa shape index (κ1) is 22.4. The van der Waals surface area contributed by atoms with Crippen molar-refractivity contribution in [1.82, 2.24) is 0 Å². The number of quaternary nitrogens is 1. The molecule has 3 aromatic rings. The Morgan fingerprint density at radius 1 is 1.03 bits per heavy atom. The number of anilines is 1. The van der Waals surface area contributed by atoms with Gasteiger partial charge < -0.3 is 19.5 Å². The predicted molar refractivity (Wildman–Crippen MR) is 124 cm³/mol. The highest BCUT2D eigenvalue weighted by Gasteiger charge is 2.20. The van der Waals surface area contributed by atoms with E-state index in [0.717, 1.165) is 48.3 Å². The monoisotopic (exact) mass is 457 g/mol. The Morgan fingerprint density at radius 3 is 2.56 bits per heavy atom. The van der Waals surface area contributed by atoms with Crippen LogP contribution in [0.1, 0.15) is 11.1 Å². The molecule has 4 rings (SSSR count). The van der Waals surface area contributed by atoms with Gasteiger partial charge in [-0.3, -0.25) is 4.90 Å². The number of para-hydroxylation sites is 1. The second kappa shape index (κ2) is 10.7. The van der Waals surface area contributed by atoms with E-state index in [0.29, 0.717) is 23.6 Å². The summed E-state index contributed by atoms with van der Waals surface area (Å²) in [6.45, 7) is 3.94. The van der Waals surface area contributed by atoms with Gasteiger partial charge in [-0.1, -0.05) is 41.9 Å². The van der Waals surface area contributed by atoms with Gasteiger partial charge in [0.2, 0.25) is 0 Å². The molecular formula is C25H27ClFN2O3+. The molecule has 0 unspecified atom stereocenters. The normalized spacial score (nSPS) is 14.2. The Hall–Kier alpha value is -2.80. The number of ether oxygens (including phenoxy) is 3. The van der Waals surface area contributed by atoms with E-state index in [2.05, 4.69) is 11.4 Å². The van der Waals surface area contributed by atoms with Crippen molar-refractivity contribution in [3.05, 3.63) is 82.6 Å². The van der Waals surface area contributed by atoms with Gasteiger partial charge in [0.1, 0.15) is 36.2 Å². The van der Waals surface area contributed by atoms with Gasteiger partial charge in [-0.2, -0.15) is 0 Å². The molecule has 0 aromatic heterocycles. The fourth-order valence-electron chi connectivity index (χ4n) is 3.79. The average molecular weight is 458 g/mol. The van der Waals surface area contributed by atoms with Crippen molar-refractivity contribution in [2.75, 3.05) is 38.7 Å². The molecule has 1 fully saturated rings. The maximum atomic E-state index is 14.0. The molecule has 0 spiro atoms. The van der Waals surface area contributed by atoms with Crippen LogP contribution in [0.3, 0.4) is 0 Å². The third-order valence-corrected chi connectivity index (χ3v) is 5.85. The minimum absolute atomic E-state index is 0.114. The van der Waals surface area contributed by atoms with Gasteiger partial charge >= 0.3 is 0 Å². The van der Waals surface area contributed by atoms with E-state index in [9.17, 15) is 4.39 Å². The Labute approximate surface area is 192 Å². The summed E-state index contributed by atoms with van der Waals surface area (Å²) in [5.74, 6) is 0.898. The summed E-state index contributed by atoms with van der Waals surface area (Å²) in [4.78, 5) is 1.34. The van der Waals surface area contributed by atoms with E-state index in [1.54, 1.807) is 25.3 Å². The van der Waals surface area contributed by atoms with E-state index < -0.39 is 0 Å². The first-order chi connectivity index (χ1) is 15.7. The minimum Gasteiger partial charge on any atom is -0.493 e. The zero-order valence-corrected chi connectivity index (χ0v) is 18.8. The van der Waals surface area contributed by atoms with Crippen LogP contribution >= 0.6 is 11.6 Å². The largest absolute Gasteiger partial charge is 0.493 e. The van der Waals surface area contributed by atoms with Crippen LogP contribution in [0.5, 0.6) is 11.5 Å². The van der Waals surface area contributed by atoms with E-state index in [1.165, 1.54) is 11.0 Å². The third kappa shape index (κ3) is 5.33. The number of rotatable bonds is 8. The highest BCUT2D eigenvalue weighted by molar-refractivity contribution is 6.32. The maximum Gasteiger partial charge on any atom is 0.166 e. The summed E-state index contributed by atoms with van der Waals surface area (Å²) in [5.41, 5.74) is 3.40. The van der Waals surface area contributed by atoms with Crippen molar-refractivity contribution >= 4 is 23.0 Å². The van der Waals surface area contributed by atoms with Crippen LogP contribution in [0.15, 0.2) is 60.7 Å². The fourth-order valence-corrected chi connectivity index (χ4v) is 4.10. The molecule has 1 aliphatic rings. The number of nitrogens with one attached hydrogen (secondary N) is 2. The molecule has 0 atom stereocenters. The van der Waals surface area contributed by atoms with E-state index in [-0.39, 0.29) is 12.4 Å². The first-order valence-corrected chi connectivity index (χ1v) is 11.0. The lowest BCUT2D eigenvalue weighted by molar-refractivity contribution is -0.842. The number of morpholine rings is 1.